The van der Waals surface area contributed by atoms with E-state index in [0.717, 1.165) is 0 Å². The Balaban J connectivity index is 2.34. The summed E-state index contributed by atoms with van der Waals surface area (Å²) in [7, 11) is 0. The maximum absolute atomic E-state index is 2.60. The first kappa shape index (κ1) is 7.27. The molecule has 0 N–H and O–H groups in total. The van der Waals surface area contributed by atoms with Crippen LogP contribution < -0.4 is 0 Å². The molecular formula is C4H11GeI. The first-order valence-corrected chi connectivity index (χ1v) is 13.6. The molecule has 0 atom stereocenters. The van der Waals surface area contributed by atoms with Crippen molar-refractivity contribution < 1.29 is 0 Å². The zero-order valence-electron chi connectivity index (χ0n) is 4.21. The Labute approximate surface area is 57.2 Å². The van der Waals surface area contributed by atoms with Gasteiger partial charge in [0.25, 0.3) is 0 Å². The molecule has 0 nitrogen and oxygen atoms in total. The standard InChI is InChI=1S/C4H11GeI/c1-2-3-4-5-6/h2-5H2,1H3. The second kappa shape index (κ2) is 6.27. The van der Waals surface area contributed by atoms with Crippen molar-refractivity contribution in [3.05, 3.63) is 0 Å². The third-order valence-corrected chi connectivity index (χ3v) is 6.31. The van der Waals surface area contributed by atoms with Crippen LogP contribution in [-0.4, -0.2) is 12.1 Å². The summed E-state index contributed by atoms with van der Waals surface area (Å²) in [6.45, 7) is 2.26. The van der Waals surface area contributed by atoms with Crippen LogP contribution >= 0.6 is 20.2 Å². The van der Waals surface area contributed by atoms with Gasteiger partial charge in [-0.2, -0.15) is 0 Å². The van der Waals surface area contributed by atoms with Crippen molar-refractivity contribution in [2.45, 2.75) is 25.0 Å². The Morgan fingerprint density at radius 3 is 2.50 bits per heavy atom. The summed E-state index contributed by atoms with van der Waals surface area (Å²) in [6.07, 6.45) is 2.89. The van der Waals surface area contributed by atoms with E-state index in [-0.39, 0.29) is 12.1 Å². The van der Waals surface area contributed by atoms with E-state index in [9.17, 15) is 0 Å². The molecule has 0 aliphatic rings. The van der Waals surface area contributed by atoms with Gasteiger partial charge in [-0.05, 0) is 0 Å². The van der Waals surface area contributed by atoms with Crippen LogP contribution in [0.4, 0.5) is 0 Å². The molecule has 0 fully saturated rings. The van der Waals surface area contributed by atoms with E-state index in [1.807, 2.05) is 0 Å². The van der Waals surface area contributed by atoms with Crippen molar-refractivity contribution in [3.63, 3.8) is 0 Å². The van der Waals surface area contributed by atoms with E-state index in [4.69, 9.17) is 0 Å². The molecule has 0 aromatic heterocycles. The summed E-state index contributed by atoms with van der Waals surface area (Å²) < 4.78 is 0. The van der Waals surface area contributed by atoms with Gasteiger partial charge < -0.3 is 0 Å². The minimum absolute atomic E-state index is 0.0398. The zero-order valence-corrected chi connectivity index (χ0v) is 9.33. The van der Waals surface area contributed by atoms with Crippen molar-refractivity contribution >= 4 is 32.3 Å². The van der Waals surface area contributed by atoms with E-state index in [1.54, 1.807) is 5.25 Å². The molecule has 0 saturated carbocycles. The second-order valence-electron chi connectivity index (χ2n) is 1.40. The van der Waals surface area contributed by atoms with Gasteiger partial charge in [-0.15, -0.1) is 0 Å². The van der Waals surface area contributed by atoms with Crippen LogP contribution in [0, 0.1) is 0 Å². The summed E-state index contributed by atoms with van der Waals surface area (Å²) in [4.78, 5) is 0. The van der Waals surface area contributed by atoms with Gasteiger partial charge in [-0.25, -0.2) is 0 Å². The van der Waals surface area contributed by atoms with E-state index in [1.165, 1.54) is 12.8 Å². The summed E-state index contributed by atoms with van der Waals surface area (Å²) in [5.74, 6) is 0. The quantitative estimate of drug-likeness (QED) is 0.411. The number of unbranched alkanes of at least 4 members (excludes halogenated alkanes) is 1. The molecule has 0 aliphatic carbocycles. The van der Waals surface area contributed by atoms with Gasteiger partial charge in [-0.1, -0.05) is 0 Å². The van der Waals surface area contributed by atoms with Crippen LogP contribution in [-0.2, 0) is 0 Å². The summed E-state index contributed by atoms with van der Waals surface area (Å²) in [5.41, 5.74) is 0. The van der Waals surface area contributed by atoms with E-state index in [0.29, 0.717) is 0 Å². The van der Waals surface area contributed by atoms with Gasteiger partial charge in [0.2, 0.25) is 0 Å². The minimum atomic E-state index is 0.0398. The molecule has 0 aromatic carbocycles. The number of hydrogen-bond acceptors (Lipinski definition) is 0. The summed E-state index contributed by atoms with van der Waals surface area (Å²) >= 11 is 2.64. The third-order valence-electron chi connectivity index (χ3n) is 0.737. The molecule has 0 unspecified atom stereocenters. The molecule has 0 bridgehead atoms. The molecule has 38 valence electrons. The number of hydrogen-bond donors (Lipinski definition) is 0. The fourth-order valence-corrected chi connectivity index (χ4v) is 4.59. The first-order chi connectivity index (χ1) is 2.91. The second-order valence-corrected chi connectivity index (χ2v) is 9.28. The summed E-state index contributed by atoms with van der Waals surface area (Å²) in [6, 6.07) is 0. The Bertz CT molecular complexity index is 19.5. The normalized spacial score (nSPS) is 11.0. The van der Waals surface area contributed by atoms with E-state index < -0.39 is 0 Å². The van der Waals surface area contributed by atoms with E-state index in [2.05, 4.69) is 27.1 Å². The average molecular weight is 259 g/mol. The van der Waals surface area contributed by atoms with Gasteiger partial charge in [0, 0.05) is 0 Å². The molecule has 0 rings (SSSR count). The van der Waals surface area contributed by atoms with Gasteiger partial charge in [0.1, 0.15) is 0 Å². The molecule has 0 spiro atoms. The van der Waals surface area contributed by atoms with Crippen molar-refractivity contribution in [3.8, 4) is 0 Å². The van der Waals surface area contributed by atoms with Crippen LogP contribution in [0.15, 0.2) is 0 Å². The molecule has 2 heteroatoms. The Kier molecular flexibility index (Phi) is 7.60. The van der Waals surface area contributed by atoms with Crippen LogP contribution in [0.5, 0.6) is 0 Å². The molecular weight excluding hydrogens is 248 g/mol. The van der Waals surface area contributed by atoms with Gasteiger partial charge in [-0.3, -0.25) is 0 Å². The fourth-order valence-electron chi connectivity index (χ4n) is 0.344. The fraction of sp³-hybridized carbons (Fsp3) is 1.00. The molecule has 0 radical (unpaired) electrons. The molecule has 0 saturated heterocycles. The molecule has 0 amide bonds. The van der Waals surface area contributed by atoms with Crippen LogP contribution in [0.25, 0.3) is 0 Å². The van der Waals surface area contributed by atoms with Gasteiger partial charge in [0.15, 0.2) is 0 Å². The molecule has 0 aromatic rings. The van der Waals surface area contributed by atoms with Crippen molar-refractivity contribution in [2.75, 3.05) is 0 Å². The maximum atomic E-state index is 2.60. The molecule has 0 heterocycles. The topological polar surface area (TPSA) is 0 Å². The van der Waals surface area contributed by atoms with Crippen LogP contribution in [0.1, 0.15) is 19.8 Å². The number of rotatable bonds is 3. The molecule has 6 heavy (non-hydrogen) atoms. The zero-order chi connectivity index (χ0) is 4.83. The van der Waals surface area contributed by atoms with Crippen molar-refractivity contribution in [2.24, 2.45) is 0 Å². The first-order valence-electron chi connectivity index (χ1n) is 2.47. The number of halogens is 1. The van der Waals surface area contributed by atoms with Crippen LogP contribution in [0.3, 0.4) is 0 Å². The van der Waals surface area contributed by atoms with Crippen molar-refractivity contribution in [1.82, 2.24) is 0 Å². The van der Waals surface area contributed by atoms with Crippen LogP contribution in [0.2, 0.25) is 5.25 Å². The Hall–Kier alpha value is 1.27. The molecule has 0 aliphatic heterocycles. The average Bonchev–Trinajstić information content (AvgIpc) is 1.61. The summed E-state index contributed by atoms with van der Waals surface area (Å²) in [5, 5.41) is 1.59. The van der Waals surface area contributed by atoms with Gasteiger partial charge >= 0.3 is 57.4 Å². The Morgan fingerprint density at radius 2 is 2.33 bits per heavy atom. The monoisotopic (exact) mass is 260 g/mol. The Morgan fingerprint density at radius 1 is 1.67 bits per heavy atom. The predicted octanol–water partition coefficient (Wildman–Crippen LogP) is 1.72. The predicted molar refractivity (Wildman–Crippen MR) is 42.3 cm³/mol. The van der Waals surface area contributed by atoms with Crippen molar-refractivity contribution in [1.29, 1.82) is 0 Å². The van der Waals surface area contributed by atoms with Gasteiger partial charge in [0.05, 0.1) is 0 Å². The third kappa shape index (κ3) is 5.27. The SMILES string of the molecule is CCC[CH2][GeH2][I]. The van der Waals surface area contributed by atoms with E-state index >= 15 is 0 Å².